The summed E-state index contributed by atoms with van der Waals surface area (Å²) in [6, 6.07) is 0. The molecule has 0 aromatic heterocycles. The van der Waals surface area contributed by atoms with Crippen molar-refractivity contribution in [2.75, 3.05) is 12.5 Å². The average molecular weight is 247 g/mol. The second-order valence-corrected chi connectivity index (χ2v) is 5.31. The number of ether oxygens (including phenoxy) is 1. The monoisotopic (exact) mass is 246 g/mol. The van der Waals surface area contributed by atoms with E-state index < -0.39 is 5.60 Å². The van der Waals surface area contributed by atoms with Crippen LogP contribution in [0, 0.1) is 5.92 Å². The van der Waals surface area contributed by atoms with Crippen molar-refractivity contribution in [2.45, 2.75) is 46.1 Å². The van der Waals surface area contributed by atoms with Crippen LogP contribution in [0.4, 0.5) is 0 Å². The molecule has 0 heterocycles. The van der Waals surface area contributed by atoms with E-state index in [0.29, 0.717) is 18.9 Å². The fourth-order valence-corrected chi connectivity index (χ4v) is 1.35. The van der Waals surface area contributed by atoms with Crippen LogP contribution in [0.2, 0.25) is 0 Å². The summed E-state index contributed by atoms with van der Waals surface area (Å²) >= 11 is 5.62. The maximum absolute atomic E-state index is 11.6. The van der Waals surface area contributed by atoms with Crippen molar-refractivity contribution in [3.8, 4) is 0 Å². The standard InChI is InChI=1S/C13H23ClO2/c1-10(2)12(15)8-13(4,5)16-7-6-11(3)9-14/h10H,3,6-9H2,1-2,4-5H3. The molecular weight excluding hydrogens is 224 g/mol. The Bertz CT molecular complexity index is 244. The van der Waals surface area contributed by atoms with Crippen LogP contribution in [0.5, 0.6) is 0 Å². The Kier molecular flexibility index (Phi) is 6.93. The number of carbonyl (C=O) groups excluding carboxylic acids is 1. The van der Waals surface area contributed by atoms with Gasteiger partial charge < -0.3 is 4.74 Å². The van der Waals surface area contributed by atoms with Crippen LogP contribution in [0.3, 0.4) is 0 Å². The van der Waals surface area contributed by atoms with Gasteiger partial charge in [0.2, 0.25) is 0 Å². The number of hydrogen-bond donors (Lipinski definition) is 0. The van der Waals surface area contributed by atoms with Crippen molar-refractivity contribution in [3.05, 3.63) is 12.2 Å². The smallest absolute Gasteiger partial charge is 0.138 e. The molecule has 0 aliphatic carbocycles. The first-order valence-electron chi connectivity index (χ1n) is 5.68. The highest BCUT2D eigenvalue weighted by molar-refractivity contribution is 6.19. The van der Waals surface area contributed by atoms with Gasteiger partial charge in [-0.3, -0.25) is 4.79 Å². The van der Waals surface area contributed by atoms with Gasteiger partial charge in [-0.25, -0.2) is 0 Å². The van der Waals surface area contributed by atoms with E-state index in [1.165, 1.54) is 0 Å². The molecule has 0 saturated heterocycles. The molecule has 0 spiro atoms. The summed E-state index contributed by atoms with van der Waals surface area (Å²) in [5.74, 6) is 0.774. The highest BCUT2D eigenvalue weighted by Gasteiger charge is 2.23. The molecule has 2 nitrogen and oxygen atoms in total. The molecule has 0 bridgehead atoms. The molecule has 0 amide bonds. The van der Waals surface area contributed by atoms with Gasteiger partial charge in [0.1, 0.15) is 5.78 Å². The second kappa shape index (κ2) is 7.08. The van der Waals surface area contributed by atoms with Crippen molar-refractivity contribution in [1.82, 2.24) is 0 Å². The zero-order valence-electron chi connectivity index (χ0n) is 10.8. The first-order chi connectivity index (χ1) is 7.28. The summed E-state index contributed by atoms with van der Waals surface area (Å²) in [5.41, 5.74) is 0.571. The van der Waals surface area contributed by atoms with Crippen molar-refractivity contribution < 1.29 is 9.53 Å². The molecule has 3 heteroatoms. The summed E-state index contributed by atoms with van der Waals surface area (Å²) in [4.78, 5) is 11.6. The van der Waals surface area contributed by atoms with E-state index in [1.54, 1.807) is 0 Å². The van der Waals surface area contributed by atoms with Gasteiger partial charge in [-0.1, -0.05) is 26.0 Å². The van der Waals surface area contributed by atoms with E-state index in [-0.39, 0.29) is 11.7 Å². The van der Waals surface area contributed by atoms with Crippen LogP contribution in [-0.4, -0.2) is 23.9 Å². The Labute approximate surface area is 104 Å². The first-order valence-corrected chi connectivity index (χ1v) is 6.21. The number of hydrogen-bond acceptors (Lipinski definition) is 2. The van der Waals surface area contributed by atoms with Gasteiger partial charge in [-0.05, 0) is 20.3 Å². The van der Waals surface area contributed by atoms with Crippen molar-refractivity contribution in [2.24, 2.45) is 5.92 Å². The fraction of sp³-hybridized carbons (Fsp3) is 0.769. The van der Waals surface area contributed by atoms with E-state index in [2.05, 4.69) is 6.58 Å². The molecule has 0 fully saturated rings. The van der Waals surface area contributed by atoms with Gasteiger partial charge in [0.05, 0.1) is 12.2 Å². The summed E-state index contributed by atoms with van der Waals surface area (Å²) in [7, 11) is 0. The molecule has 94 valence electrons. The van der Waals surface area contributed by atoms with Crippen molar-refractivity contribution in [3.63, 3.8) is 0 Å². The lowest BCUT2D eigenvalue weighted by molar-refractivity contribution is -0.128. The Hall–Kier alpha value is -0.340. The van der Waals surface area contributed by atoms with E-state index in [0.717, 1.165) is 12.0 Å². The molecule has 0 unspecified atom stereocenters. The summed E-state index contributed by atoms with van der Waals surface area (Å²) < 4.78 is 5.68. The molecule has 0 rings (SSSR count). The minimum absolute atomic E-state index is 0.0701. The molecule has 0 aliphatic rings. The molecule has 0 aliphatic heterocycles. The maximum Gasteiger partial charge on any atom is 0.138 e. The highest BCUT2D eigenvalue weighted by Crippen LogP contribution is 2.18. The predicted molar refractivity (Wildman–Crippen MR) is 69.0 cm³/mol. The third-order valence-corrected chi connectivity index (χ3v) is 2.76. The van der Waals surface area contributed by atoms with Gasteiger partial charge in [0, 0.05) is 18.2 Å². The van der Waals surface area contributed by atoms with Crippen LogP contribution in [0.15, 0.2) is 12.2 Å². The van der Waals surface area contributed by atoms with Crippen molar-refractivity contribution in [1.29, 1.82) is 0 Å². The Morgan fingerprint density at radius 3 is 2.44 bits per heavy atom. The summed E-state index contributed by atoms with van der Waals surface area (Å²) in [5, 5.41) is 0. The van der Waals surface area contributed by atoms with Gasteiger partial charge in [-0.2, -0.15) is 0 Å². The molecule has 0 N–H and O–H groups in total. The molecular formula is C13H23ClO2. The largest absolute Gasteiger partial charge is 0.375 e. The van der Waals surface area contributed by atoms with E-state index in [9.17, 15) is 4.79 Å². The molecule has 0 saturated carbocycles. The maximum atomic E-state index is 11.6. The number of halogens is 1. The Morgan fingerprint density at radius 2 is 2.00 bits per heavy atom. The quantitative estimate of drug-likeness (QED) is 0.483. The minimum atomic E-state index is -0.395. The van der Waals surface area contributed by atoms with Crippen LogP contribution < -0.4 is 0 Å². The van der Waals surface area contributed by atoms with E-state index in [4.69, 9.17) is 16.3 Å². The number of alkyl halides is 1. The Morgan fingerprint density at radius 1 is 1.44 bits per heavy atom. The molecule has 16 heavy (non-hydrogen) atoms. The fourth-order valence-electron chi connectivity index (χ4n) is 1.21. The van der Waals surface area contributed by atoms with Gasteiger partial charge in [-0.15, -0.1) is 11.6 Å². The lowest BCUT2D eigenvalue weighted by atomic mass is 9.95. The number of carbonyl (C=O) groups is 1. The lowest BCUT2D eigenvalue weighted by Gasteiger charge is -2.25. The zero-order chi connectivity index (χ0) is 12.8. The Balaban J connectivity index is 3.96. The SMILES string of the molecule is C=C(CCl)CCOC(C)(C)CC(=O)C(C)C. The minimum Gasteiger partial charge on any atom is -0.375 e. The topological polar surface area (TPSA) is 26.3 Å². The molecule has 0 atom stereocenters. The second-order valence-electron chi connectivity index (χ2n) is 5.04. The van der Waals surface area contributed by atoms with Gasteiger partial charge in [0.15, 0.2) is 0 Å². The number of rotatable bonds is 8. The van der Waals surface area contributed by atoms with Crippen LogP contribution in [0.25, 0.3) is 0 Å². The number of ketones is 1. The van der Waals surface area contributed by atoms with E-state index >= 15 is 0 Å². The van der Waals surface area contributed by atoms with Gasteiger partial charge in [0.25, 0.3) is 0 Å². The van der Waals surface area contributed by atoms with Crippen molar-refractivity contribution >= 4 is 17.4 Å². The average Bonchev–Trinajstić information content (AvgIpc) is 2.16. The van der Waals surface area contributed by atoms with Crippen LogP contribution >= 0.6 is 11.6 Å². The number of Topliss-reactive ketones (excluding diaryl/α,β-unsaturated/α-hetero) is 1. The molecule has 0 aromatic carbocycles. The lowest BCUT2D eigenvalue weighted by Crippen LogP contribution is -2.30. The third-order valence-electron chi connectivity index (χ3n) is 2.38. The summed E-state index contributed by atoms with van der Waals surface area (Å²) in [6.07, 6.45) is 1.21. The summed E-state index contributed by atoms with van der Waals surface area (Å²) in [6.45, 7) is 12.1. The third kappa shape index (κ3) is 7.02. The predicted octanol–water partition coefficient (Wildman–Crippen LogP) is 3.58. The molecule has 0 aromatic rings. The zero-order valence-corrected chi connectivity index (χ0v) is 11.6. The van der Waals surface area contributed by atoms with Crippen LogP contribution in [-0.2, 0) is 9.53 Å². The molecule has 0 radical (unpaired) electrons. The van der Waals surface area contributed by atoms with Crippen LogP contribution in [0.1, 0.15) is 40.5 Å². The highest BCUT2D eigenvalue weighted by atomic mass is 35.5. The first kappa shape index (κ1) is 15.7. The van der Waals surface area contributed by atoms with Gasteiger partial charge >= 0.3 is 0 Å². The van der Waals surface area contributed by atoms with E-state index in [1.807, 2.05) is 27.7 Å². The normalized spacial score (nSPS) is 11.9.